The number of hydrogen-bond acceptors (Lipinski definition) is 2. The summed E-state index contributed by atoms with van der Waals surface area (Å²) in [6, 6.07) is 19.6. The Morgan fingerprint density at radius 1 is 1.05 bits per heavy atom. The molecule has 0 radical (unpaired) electrons. The minimum Gasteiger partial charge on any atom is -0.494 e. The fourth-order valence-corrected chi connectivity index (χ4v) is 2.08. The van der Waals surface area contributed by atoms with Gasteiger partial charge in [0, 0.05) is 6.42 Å². The van der Waals surface area contributed by atoms with E-state index in [9.17, 15) is 4.79 Å². The average Bonchev–Trinajstić information content (AvgIpc) is 2.53. The topological polar surface area (TPSA) is 38.3 Å². The summed E-state index contributed by atoms with van der Waals surface area (Å²) in [4.78, 5) is 11.9. The van der Waals surface area contributed by atoms with Crippen molar-refractivity contribution >= 4 is 5.91 Å². The van der Waals surface area contributed by atoms with Crippen molar-refractivity contribution in [2.45, 2.75) is 25.8 Å². The van der Waals surface area contributed by atoms with Gasteiger partial charge in [0.1, 0.15) is 5.75 Å². The van der Waals surface area contributed by atoms with Gasteiger partial charge in [0.15, 0.2) is 0 Å². The molecule has 0 saturated carbocycles. The summed E-state index contributed by atoms with van der Waals surface area (Å²) >= 11 is 0. The van der Waals surface area contributed by atoms with E-state index in [1.807, 2.05) is 67.6 Å². The fourth-order valence-electron chi connectivity index (χ4n) is 2.08. The van der Waals surface area contributed by atoms with Gasteiger partial charge in [-0.1, -0.05) is 48.5 Å². The second kappa shape index (κ2) is 8.10. The van der Waals surface area contributed by atoms with Crippen molar-refractivity contribution in [1.29, 1.82) is 0 Å². The quantitative estimate of drug-likeness (QED) is 0.786. The van der Waals surface area contributed by atoms with Crippen LogP contribution in [0.1, 0.15) is 31.4 Å². The van der Waals surface area contributed by atoms with Crippen molar-refractivity contribution in [3.8, 4) is 5.75 Å². The maximum absolute atomic E-state index is 11.9. The van der Waals surface area contributed by atoms with Crippen molar-refractivity contribution in [1.82, 2.24) is 5.32 Å². The molecular weight excluding hydrogens is 262 g/mol. The summed E-state index contributed by atoms with van der Waals surface area (Å²) in [6.07, 6.45) is 1.19. The van der Waals surface area contributed by atoms with Crippen LogP contribution in [0, 0.1) is 0 Å². The minimum atomic E-state index is 0.0359. The molecule has 1 unspecified atom stereocenters. The molecule has 2 aromatic rings. The molecular formula is C18H21NO2. The van der Waals surface area contributed by atoms with Gasteiger partial charge in [-0.15, -0.1) is 0 Å². The summed E-state index contributed by atoms with van der Waals surface area (Å²) in [6.45, 7) is 2.55. The summed E-state index contributed by atoms with van der Waals surface area (Å²) in [7, 11) is 0. The van der Waals surface area contributed by atoms with E-state index in [1.54, 1.807) is 0 Å². The number of hydrogen-bond donors (Lipinski definition) is 1. The molecule has 2 rings (SSSR count). The molecule has 0 aliphatic carbocycles. The van der Waals surface area contributed by atoms with Gasteiger partial charge < -0.3 is 10.1 Å². The predicted molar refractivity (Wildman–Crippen MR) is 84.2 cm³/mol. The van der Waals surface area contributed by atoms with E-state index in [2.05, 4.69) is 5.32 Å². The third kappa shape index (κ3) is 5.30. The van der Waals surface area contributed by atoms with E-state index >= 15 is 0 Å². The molecule has 0 bridgehead atoms. The average molecular weight is 283 g/mol. The van der Waals surface area contributed by atoms with Crippen LogP contribution < -0.4 is 10.1 Å². The van der Waals surface area contributed by atoms with Gasteiger partial charge in [-0.05, 0) is 31.0 Å². The molecule has 3 nitrogen and oxygen atoms in total. The molecule has 21 heavy (non-hydrogen) atoms. The molecule has 0 saturated heterocycles. The molecule has 3 heteroatoms. The Labute approximate surface area is 126 Å². The van der Waals surface area contributed by atoms with Crippen molar-refractivity contribution in [2.75, 3.05) is 6.61 Å². The van der Waals surface area contributed by atoms with E-state index in [1.165, 1.54) is 0 Å². The third-order valence-electron chi connectivity index (χ3n) is 3.24. The molecule has 0 spiro atoms. The first-order valence-corrected chi connectivity index (χ1v) is 7.28. The summed E-state index contributed by atoms with van der Waals surface area (Å²) in [5.41, 5.74) is 1.12. The molecule has 1 atom stereocenters. The van der Waals surface area contributed by atoms with Gasteiger partial charge >= 0.3 is 0 Å². The highest BCUT2D eigenvalue weighted by molar-refractivity contribution is 5.76. The van der Waals surface area contributed by atoms with Crippen LogP contribution in [0.15, 0.2) is 60.7 Å². The summed E-state index contributed by atoms with van der Waals surface area (Å²) < 4.78 is 5.57. The Balaban J connectivity index is 1.66. The molecule has 0 fully saturated rings. The van der Waals surface area contributed by atoms with E-state index in [-0.39, 0.29) is 11.9 Å². The number of ether oxygens (including phenoxy) is 1. The van der Waals surface area contributed by atoms with Crippen molar-refractivity contribution in [2.24, 2.45) is 0 Å². The molecule has 0 aliphatic rings. The number of amides is 1. The SMILES string of the molecule is CC(NC(=O)CCCOc1ccccc1)c1ccccc1. The maximum atomic E-state index is 11.9. The second-order valence-electron chi connectivity index (χ2n) is 4.96. The van der Waals surface area contributed by atoms with Crippen molar-refractivity contribution < 1.29 is 9.53 Å². The number of para-hydroxylation sites is 1. The van der Waals surface area contributed by atoms with Gasteiger partial charge in [0.05, 0.1) is 12.6 Å². The standard InChI is InChI=1S/C18H21NO2/c1-15(16-9-4-2-5-10-16)19-18(20)13-8-14-21-17-11-6-3-7-12-17/h2-7,9-12,15H,8,13-14H2,1H3,(H,19,20). The van der Waals surface area contributed by atoms with Crippen LogP contribution in [0.2, 0.25) is 0 Å². The highest BCUT2D eigenvalue weighted by Crippen LogP contribution is 2.12. The van der Waals surface area contributed by atoms with Gasteiger partial charge in [0.25, 0.3) is 0 Å². The first-order valence-electron chi connectivity index (χ1n) is 7.28. The number of carbonyl (C=O) groups excluding carboxylic acids is 1. The van der Waals surface area contributed by atoms with Gasteiger partial charge in [-0.25, -0.2) is 0 Å². The van der Waals surface area contributed by atoms with E-state index in [0.29, 0.717) is 19.4 Å². The highest BCUT2D eigenvalue weighted by Gasteiger charge is 2.08. The second-order valence-corrected chi connectivity index (χ2v) is 4.96. The summed E-state index contributed by atoms with van der Waals surface area (Å²) in [5, 5.41) is 3.00. The lowest BCUT2D eigenvalue weighted by Gasteiger charge is -2.14. The first kappa shape index (κ1) is 15.1. The highest BCUT2D eigenvalue weighted by atomic mass is 16.5. The first-order chi connectivity index (χ1) is 10.3. The molecule has 0 aromatic heterocycles. The third-order valence-corrected chi connectivity index (χ3v) is 3.24. The van der Waals surface area contributed by atoms with E-state index in [0.717, 1.165) is 11.3 Å². The smallest absolute Gasteiger partial charge is 0.220 e. The number of nitrogens with one attached hydrogen (secondary N) is 1. The molecule has 0 heterocycles. The van der Waals surface area contributed by atoms with Gasteiger partial charge in [-0.3, -0.25) is 4.79 Å². The predicted octanol–water partition coefficient (Wildman–Crippen LogP) is 3.72. The normalized spacial score (nSPS) is 11.7. The molecule has 110 valence electrons. The maximum Gasteiger partial charge on any atom is 0.220 e. The zero-order chi connectivity index (χ0) is 14.9. The Morgan fingerprint density at radius 3 is 2.33 bits per heavy atom. The Hall–Kier alpha value is -2.29. The van der Waals surface area contributed by atoms with Crippen LogP contribution in [0.4, 0.5) is 0 Å². The van der Waals surface area contributed by atoms with Gasteiger partial charge in [0.2, 0.25) is 5.91 Å². The lowest BCUT2D eigenvalue weighted by atomic mass is 10.1. The number of benzene rings is 2. The Morgan fingerprint density at radius 2 is 1.67 bits per heavy atom. The number of carbonyl (C=O) groups is 1. The van der Waals surface area contributed by atoms with Crippen LogP contribution in [0.3, 0.4) is 0 Å². The fraction of sp³-hybridized carbons (Fsp3) is 0.278. The Kier molecular flexibility index (Phi) is 5.83. The van der Waals surface area contributed by atoms with Crippen molar-refractivity contribution in [3.63, 3.8) is 0 Å². The van der Waals surface area contributed by atoms with Crippen LogP contribution in [0.25, 0.3) is 0 Å². The van der Waals surface area contributed by atoms with Gasteiger partial charge in [-0.2, -0.15) is 0 Å². The lowest BCUT2D eigenvalue weighted by Crippen LogP contribution is -2.26. The monoisotopic (exact) mass is 283 g/mol. The zero-order valence-corrected chi connectivity index (χ0v) is 12.3. The molecule has 1 N–H and O–H groups in total. The van der Waals surface area contributed by atoms with Crippen LogP contribution in [0.5, 0.6) is 5.75 Å². The number of rotatable bonds is 7. The Bertz CT molecular complexity index is 540. The van der Waals surface area contributed by atoms with E-state index < -0.39 is 0 Å². The molecule has 1 amide bonds. The van der Waals surface area contributed by atoms with Crippen molar-refractivity contribution in [3.05, 3.63) is 66.2 Å². The zero-order valence-electron chi connectivity index (χ0n) is 12.3. The largest absolute Gasteiger partial charge is 0.494 e. The minimum absolute atomic E-state index is 0.0359. The van der Waals surface area contributed by atoms with Crippen LogP contribution >= 0.6 is 0 Å². The summed E-state index contributed by atoms with van der Waals surface area (Å²) in [5.74, 6) is 0.901. The molecule has 2 aromatic carbocycles. The molecule has 0 aliphatic heterocycles. The van der Waals surface area contributed by atoms with E-state index in [4.69, 9.17) is 4.74 Å². The van der Waals surface area contributed by atoms with Crippen LogP contribution in [-0.4, -0.2) is 12.5 Å². The van der Waals surface area contributed by atoms with Crippen LogP contribution in [-0.2, 0) is 4.79 Å². The lowest BCUT2D eigenvalue weighted by molar-refractivity contribution is -0.121.